The average molecular weight is 322 g/mol. The molecule has 0 saturated heterocycles. The number of carboxylic acids is 2. The highest BCUT2D eigenvalue weighted by molar-refractivity contribution is 5.86. The Morgan fingerprint density at radius 2 is 1.12 bits per heavy atom. The number of aliphatic carboxylic acids is 2. The van der Waals surface area contributed by atoms with E-state index >= 15 is 0 Å². The summed E-state index contributed by atoms with van der Waals surface area (Å²) in [5, 5.41) is 19.6. The molecule has 2 aromatic rings. The van der Waals surface area contributed by atoms with Crippen LogP contribution in [0.3, 0.4) is 0 Å². The van der Waals surface area contributed by atoms with E-state index in [-0.39, 0.29) is 0 Å². The molecule has 4 heteroatoms. The maximum Gasteiger partial charge on any atom is 0.308 e. The molecule has 3 aliphatic rings. The van der Waals surface area contributed by atoms with E-state index in [0.717, 1.165) is 33.4 Å². The zero-order chi connectivity index (χ0) is 17.2. The number of carbonyl (C=O) groups is 2. The fraction of sp³-hybridized carbons (Fsp3) is 0.300. The lowest BCUT2D eigenvalue weighted by atomic mass is 9.54. The molecule has 0 fully saturated rings. The zero-order valence-corrected chi connectivity index (χ0v) is 13.5. The van der Waals surface area contributed by atoms with E-state index in [0.29, 0.717) is 0 Å². The Morgan fingerprint density at radius 1 is 0.750 bits per heavy atom. The number of hydrogen-bond donors (Lipinski definition) is 2. The van der Waals surface area contributed by atoms with Gasteiger partial charge in [0.05, 0.1) is 11.8 Å². The van der Waals surface area contributed by atoms with Gasteiger partial charge in [0.15, 0.2) is 0 Å². The minimum atomic E-state index is -1.03. The van der Waals surface area contributed by atoms with Crippen molar-refractivity contribution in [3.05, 3.63) is 69.8 Å². The largest absolute Gasteiger partial charge is 0.481 e. The Bertz CT molecular complexity index is 811. The summed E-state index contributed by atoms with van der Waals surface area (Å²) in [4.78, 5) is 23.9. The first-order valence-corrected chi connectivity index (χ1v) is 8.07. The maximum absolute atomic E-state index is 12.0. The molecule has 0 radical (unpaired) electrons. The smallest absolute Gasteiger partial charge is 0.308 e. The van der Waals surface area contributed by atoms with Crippen LogP contribution in [0.25, 0.3) is 0 Å². The highest BCUT2D eigenvalue weighted by Crippen LogP contribution is 2.58. The molecular weight excluding hydrogens is 304 g/mol. The van der Waals surface area contributed by atoms with E-state index in [1.165, 1.54) is 0 Å². The van der Waals surface area contributed by atoms with Gasteiger partial charge in [-0.2, -0.15) is 0 Å². The minimum Gasteiger partial charge on any atom is -0.481 e. The molecule has 4 nitrogen and oxygen atoms in total. The van der Waals surface area contributed by atoms with Gasteiger partial charge in [-0.05, 0) is 47.2 Å². The first kappa shape index (κ1) is 14.9. The fourth-order valence-corrected chi connectivity index (χ4v) is 4.59. The van der Waals surface area contributed by atoms with E-state index in [1.807, 2.05) is 50.2 Å². The highest BCUT2D eigenvalue weighted by atomic mass is 16.4. The molecule has 2 bridgehead atoms. The van der Waals surface area contributed by atoms with Crippen LogP contribution >= 0.6 is 0 Å². The molecule has 122 valence electrons. The van der Waals surface area contributed by atoms with Crippen LogP contribution in [0, 0.1) is 25.7 Å². The lowest BCUT2D eigenvalue weighted by molar-refractivity contribution is -0.156. The molecule has 3 aliphatic carbocycles. The Labute approximate surface area is 139 Å². The molecule has 2 N–H and O–H groups in total. The van der Waals surface area contributed by atoms with Crippen molar-refractivity contribution in [1.29, 1.82) is 0 Å². The van der Waals surface area contributed by atoms with Crippen LogP contribution in [-0.4, -0.2) is 22.2 Å². The quantitative estimate of drug-likeness (QED) is 0.889. The van der Waals surface area contributed by atoms with Crippen molar-refractivity contribution in [2.24, 2.45) is 11.8 Å². The van der Waals surface area contributed by atoms with Crippen molar-refractivity contribution < 1.29 is 19.8 Å². The van der Waals surface area contributed by atoms with Crippen LogP contribution in [-0.2, 0) is 9.59 Å². The van der Waals surface area contributed by atoms with Crippen LogP contribution in [0.4, 0.5) is 0 Å². The summed E-state index contributed by atoms with van der Waals surface area (Å²) in [5.74, 6) is -4.74. The van der Waals surface area contributed by atoms with Crippen LogP contribution in [0.5, 0.6) is 0 Å². The highest BCUT2D eigenvalue weighted by Gasteiger charge is 2.55. The molecule has 24 heavy (non-hydrogen) atoms. The molecule has 5 rings (SSSR count). The number of hydrogen-bond acceptors (Lipinski definition) is 2. The van der Waals surface area contributed by atoms with Gasteiger partial charge in [-0.1, -0.05) is 36.4 Å². The van der Waals surface area contributed by atoms with E-state index < -0.39 is 35.6 Å². The summed E-state index contributed by atoms with van der Waals surface area (Å²) in [5.41, 5.74) is 6.09. The van der Waals surface area contributed by atoms with Gasteiger partial charge in [0, 0.05) is 11.8 Å². The summed E-state index contributed by atoms with van der Waals surface area (Å²) in [6.45, 7) is 4.02. The number of rotatable bonds is 2. The van der Waals surface area contributed by atoms with Crippen LogP contribution in [0.15, 0.2) is 36.4 Å². The molecule has 0 spiro atoms. The van der Waals surface area contributed by atoms with Gasteiger partial charge in [-0.15, -0.1) is 0 Å². The SMILES string of the molecule is Cc1cc2c(cc1C)[C@@H]1c3ccccc3[C@H]2[C@H](C(=O)O)[C@H]1C(=O)O. The van der Waals surface area contributed by atoms with Crippen molar-refractivity contribution in [3.8, 4) is 0 Å². The molecule has 2 aromatic carbocycles. The second-order valence-corrected chi connectivity index (χ2v) is 6.88. The normalized spacial score (nSPS) is 26.6. The standard InChI is InChI=1S/C20H18O4/c1-9-7-13-14(8-10(9)2)16-12-6-4-3-5-11(12)15(13)17(19(21)22)18(16)20(23)24/h3-8,15-18H,1-2H3,(H,21,22)(H,23,24)/t15-,16+,17-,18-/m0/s1. The Morgan fingerprint density at radius 3 is 1.46 bits per heavy atom. The first-order chi connectivity index (χ1) is 11.4. The van der Waals surface area contributed by atoms with E-state index in [4.69, 9.17) is 0 Å². The van der Waals surface area contributed by atoms with Crippen LogP contribution in [0.1, 0.15) is 45.2 Å². The third-order valence-corrected chi connectivity index (χ3v) is 5.71. The summed E-state index contributed by atoms with van der Waals surface area (Å²) >= 11 is 0. The van der Waals surface area contributed by atoms with Gasteiger partial charge in [-0.3, -0.25) is 9.59 Å². The lowest BCUT2D eigenvalue weighted by Crippen LogP contribution is -2.47. The predicted molar refractivity (Wildman–Crippen MR) is 88.3 cm³/mol. The van der Waals surface area contributed by atoms with E-state index in [2.05, 4.69) is 0 Å². The Hall–Kier alpha value is -2.62. The van der Waals surface area contributed by atoms with Gasteiger partial charge in [0.25, 0.3) is 0 Å². The van der Waals surface area contributed by atoms with Gasteiger partial charge in [-0.25, -0.2) is 0 Å². The van der Waals surface area contributed by atoms with Gasteiger partial charge in [0.2, 0.25) is 0 Å². The topological polar surface area (TPSA) is 74.6 Å². The van der Waals surface area contributed by atoms with E-state index in [1.54, 1.807) is 0 Å². The van der Waals surface area contributed by atoms with Crippen molar-refractivity contribution in [3.63, 3.8) is 0 Å². The van der Waals surface area contributed by atoms with Gasteiger partial charge >= 0.3 is 11.9 Å². The van der Waals surface area contributed by atoms with Crippen molar-refractivity contribution in [2.75, 3.05) is 0 Å². The van der Waals surface area contributed by atoms with Crippen molar-refractivity contribution >= 4 is 11.9 Å². The Balaban J connectivity index is 2.08. The van der Waals surface area contributed by atoms with Crippen molar-refractivity contribution in [1.82, 2.24) is 0 Å². The maximum atomic E-state index is 12.0. The molecule has 0 amide bonds. The molecule has 0 unspecified atom stereocenters. The molecule has 0 saturated carbocycles. The lowest BCUT2D eigenvalue weighted by Gasteiger charge is -2.47. The summed E-state index contributed by atoms with van der Waals surface area (Å²) in [7, 11) is 0. The molecular formula is C20H18O4. The molecule has 0 aromatic heterocycles. The summed E-state index contributed by atoms with van der Waals surface area (Å²) in [6, 6.07) is 11.8. The third-order valence-electron chi connectivity index (χ3n) is 5.71. The van der Waals surface area contributed by atoms with E-state index in [9.17, 15) is 19.8 Å². The molecule has 0 heterocycles. The van der Waals surface area contributed by atoms with Gasteiger partial charge < -0.3 is 10.2 Å². The zero-order valence-electron chi connectivity index (χ0n) is 13.5. The van der Waals surface area contributed by atoms with Crippen molar-refractivity contribution in [2.45, 2.75) is 25.7 Å². The second-order valence-electron chi connectivity index (χ2n) is 6.88. The first-order valence-electron chi connectivity index (χ1n) is 8.07. The Kier molecular flexibility index (Phi) is 3.07. The summed E-state index contributed by atoms with van der Waals surface area (Å²) < 4.78 is 0. The molecule has 0 aliphatic heterocycles. The fourth-order valence-electron chi connectivity index (χ4n) is 4.59. The third kappa shape index (κ3) is 1.80. The van der Waals surface area contributed by atoms with Crippen LogP contribution < -0.4 is 0 Å². The number of benzene rings is 2. The minimum absolute atomic E-state index is 0.404. The van der Waals surface area contributed by atoms with Gasteiger partial charge in [0.1, 0.15) is 0 Å². The number of fused-ring (bicyclic) bond motifs is 1. The van der Waals surface area contributed by atoms with Crippen LogP contribution in [0.2, 0.25) is 0 Å². The number of carboxylic acid groups (broad SMARTS) is 2. The number of aryl methyl sites for hydroxylation is 2. The second kappa shape index (κ2) is 4.94. The average Bonchev–Trinajstić information content (AvgIpc) is 2.55. The summed E-state index contributed by atoms with van der Waals surface area (Å²) in [6.07, 6.45) is 0. The monoisotopic (exact) mass is 322 g/mol. The predicted octanol–water partition coefficient (Wildman–Crippen LogP) is 3.30. The molecule has 4 atom stereocenters.